The van der Waals surface area contributed by atoms with Crippen molar-refractivity contribution >= 4 is 23.5 Å². The average molecular weight is 344 g/mol. The van der Waals surface area contributed by atoms with Crippen molar-refractivity contribution in [1.82, 2.24) is 5.32 Å². The Morgan fingerprint density at radius 3 is 2.46 bits per heavy atom. The summed E-state index contributed by atoms with van der Waals surface area (Å²) >= 11 is 6.17. The molecule has 0 aliphatic heterocycles. The summed E-state index contributed by atoms with van der Waals surface area (Å²) in [7, 11) is 0. The fourth-order valence-corrected chi connectivity index (χ4v) is 3.21. The summed E-state index contributed by atoms with van der Waals surface area (Å²) < 4.78 is 0. The van der Waals surface area contributed by atoms with Crippen molar-refractivity contribution < 1.29 is 14.7 Å². The summed E-state index contributed by atoms with van der Waals surface area (Å²) in [5.41, 5.74) is 1.83. The predicted octanol–water partition coefficient (Wildman–Crippen LogP) is 3.26. The van der Waals surface area contributed by atoms with Crippen LogP contribution in [-0.2, 0) is 16.0 Å². The predicted molar refractivity (Wildman–Crippen MR) is 92.0 cm³/mol. The van der Waals surface area contributed by atoms with E-state index in [1.807, 2.05) is 48.5 Å². The minimum atomic E-state index is -1.03. The van der Waals surface area contributed by atoms with Gasteiger partial charge in [-0.05, 0) is 29.5 Å². The molecule has 24 heavy (non-hydrogen) atoms. The molecule has 1 amide bonds. The highest BCUT2D eigenvalue weighted by Gasteiger charge is 2.45. The summed E-state index contributed by atoms with van der Waals surface area (Å²) in [4.78, 5) is 23.8. The number of hydrogen-bond donors (Lipinski definition) is 2. The summed E-state index contributed by atoms with van der Waals surface area (Å²) in [6, 6.07) is 15.8. The highest BCUT2D eigenvalue weighted by atomic mass is 35.5. The van der Waals surface area contributed by atoms with E-state index in [9.17, 15) is 14.7 Å². The summed E-state index contributed by atoms with van der Waals surface area (Å²) in [6.07, 6.45) is 0.971. The SMILES string of the molecule is O=C(O)[C@@H](Cc1ccccc1)NC(=O)[C@@H]1C[C@@H]1c1ccccc1Cl. The van der Waals surface area contributed by atoms with Gasteiger partial charge in [0, 0.05) is 17.4 Å². The van der Waals surface area contributed by atoms with E-state index in [0.717, 1.165) is 11.1 Å². The van der Waals surface area contributed by atoms with Gasteiger partial charge in [0.25, 0.3) is 0 Å². The van der Waals surface area contributed by atoms with Crippen LogP contribution in [0, 0.1) is 5.92 Å². The fraction of sp³-hybridized carbons (Fsp3) is 0.263. The molecule has 3 rings (SSSR count). The zero-order valence-electron chi connectivity index (χ0n) is 13.0. The third kappa shape index (κ3) is 3.77. The normalized spacial score (nSPS) is 20.2. The topological polar surface area (TPSA) is 66.4 Å². The smallest absolute Gasteiger partial charge is 0.326 e. The first-order chi connectivity index (χ1) is 11.6. The molecule has 3 atom stereocenters. The van der Waals surface area contributed by atoms with Crippen molar-refractivity contribution in [2.75, 3.05) is 0 Å². The van der Waals surface area contributed by atoms with Gasteiger partial charge in [-0.2, -0.15) is 0 Å². The van der Waals surface area contributed by atoms with Crippen LogP contribution < -0.4 is 5.32 Å². The van der Waals surface area contributed by atoms with Gasteiger partial charge in [0.05, 0.1) is 0 Å². The van der Waals surface area contributed by atoms with Gasteiger partial charge < -0.3 is 10.4 Å². The van der Waals surface area contributed by atoms with Crippen molar-refractivity contribution in [2.45, 2.75) is 24.8 Å². The zero-order valence-corrected chi connectivity index (χ0v) is 13.7. The number of carbonyl (C=O) groups is 2. The fourth-order valence-electron chi connectivity index (χ4n) is 2.93. The lowest BCUT2D eigenvalue weighted by atomic mass is 10.1. The molecule has 2 aromatic carbocycles. The molecule has 0 saturated heterocycles. The maximum Gasteiger partial charge on any atom is 0.326 e. The first kappa shape index (κ1) is 16.5. The van der Waals surface area contributed by atoms with E-state index in [-0.39, 0.29) is 24.2 Å². The highest BCUT2D eigenvalue weighted by Crippen LogP contribution is 2.49. The Hall–Kier alpha value is -2.33. The van der Waals surface area contributed by atoms with Crippen LogP contribution in [0.15, 0.2) is 54.6 Å². The van der Waals surface area contributed by atoms with Gasteiger partial charge in [-0.25, -0.2) is 4.79 Å². The van der Waals surface area contributed by atoms with Crippen LogP contribution in [0.4, 0.5) is 0 Å². The first-order valence-corrected chi connectivity index (χ1v) is 8.25. The van der Waals surface area contributed by atoms with E-state index in [2.05, 4.69) is 5.32 Å². The molecule has 4 nitrogen and oxygen atoms in total. The van der Waals surface area contributed by atoms with Gasteiger partial charge in [0.1, 0.15) is 6.04 Å². The molecule has 0 unspecified atom stereocenters. The van der Waals surface area contributed by atoms with Gasteiger partial charge in [0.15, 0.2) is 0 Å². The van der Waals surface area contributed by atoms with E-state index < -0.39 is 12.0 Å². The third-order valence-corrected chi connectivity index (χ3v) is 4.67. The maximum absolute atomic E-state index is 12.4. The van der Waals surface area contributed by atoms with Crippen LogP contribution in [-0.4, -0.2) is 23.0 Å². The van der Waals surface area contributed by atoms with Gasteiger partial charge in [-0.15, -0.1) is 0 Å². The molecule has 5 heteroatoms. The van der Waals surface area contributed by atoms with Crippen LogP contribution in [0.5, 0.6) is 0 Å². The number of benzene rings is 2. The van der Waals surface area contributed by atoms with E-state index in [4.69, 9.17) is 11.6 Å². The van der Waals surface area contributed by atoms with Crippen LogP contribution in [0.25, 0.3) is 0 Å². The molecule has 124 valence electrons. The minimum absolute atomic E-state index is 0.0740. The second-order valence-electron chi connectivity index (χ2n) is 6.06. The maximum atomic E-state index is 12.4. The molecular weight excluding hydrogens is 326 g/mol. The second-order valence-corrected chi connectivity index (χ2v) is 6.47. The molecule has 2 N–H and O–H groups in total. The lowest BCUT2D eigenvalue weighted by Crippen LogP contribution is -2.43. The van der Waals surface area contributed by atoms with Gasteiger partial charge in [-0.3, -0.25) is 4.79 Å². The second kappa shape index (κ2) is 7.05. The Labute approximate surface area is 145 Å². The standard InChI is InChI=1S/C19H18ClNO3/c20-16-9-5-4-8-13(16)14-11-15(14)18(22)21-17(19(23)24)10-12-6-2-1-3-7-12/h1-9,14-15,17H,10-11H2,(H,21,22)(H,23,24)/t14-,15-,17-/m1/s1. The van der Waals surface area contributed by atoms with Gasteiger partial charge >= 0.3 is 5.97 Å². The summed E-state index contributed by atoms with van der Waals surface area (Å²) in [5.74, 6) is -1.38. The van der Waals surface area contributed by atoms with Gasteiger partial charge in [-0.1, -0.05) is 60.1 Å². The molecule has 2 aromatic rings. The molecule has 1 aliphatic rings. The number of nitrogens with one attached hydrogen (secondary N) is 1. The zero-order chi connectivity index (χ0) is 17.1. The molecule has 1 fully saturated rings. The number of rotatable bonds is 6. The van der Waals surface area contributed by atoms with E-state index >= 15 is 0 Å². The largest absolute Gasteiger partial charge is 0.480 e. The van der Waals surface area contributed by atoms with E-state index in [1.165, 1.54) is 0 Å². The Morgan fingerprint density at radius 1 is 1.12 bits per heavy atom. The first-order valence-electron chi connectivity index (χ1n) is 7.88. The molecule has 1 aliphatic carbocycles. The number of aliphatic carboxylic acids is 1. The third-order valence-electron chi connectivity index (χ3n) is 4.33. The highest BCUT2D eigenvalue weighted by molar-refractivity contribution is 6.31. The van der Waals surface area contributed by atoms with Crippen LogP contribution >= 0.6 is 11.6 Å². The van der Waals surface area contributed by atoms with Crippen molar-refractivity contribution in [3.8, 4) is 0 Å². The van der Waals surface area contributed by atoms with Crippen LogP contribution in [0.3, 0.4) is 0 Å². The molecule has 1 saturated carbocycles. The number of hydrogen-bond acceptors (Lipinski definition) is 2. The molecule has 0 radical (unpaired) electrons. The summed E-state index contributed by atoms with van der Waals surface area (Å²) in [5, 5.41) is 12.7. The molecule has 0 aromatic heterocycles. The molecular formula is C19H18ClNO3. The Kier molecular flexibility index (Phi) is 4.86. The van der Waals surface area contributed by atoms with Crippen molar-refractivity contribution in [1.29, 1.82) is 0 Å². The van der Waals surface area contributed by atoms with E-state index in [1.54, 1.807) is 6.07 Å². The van der Waals surface area contributed by atoms with Crippen LogP contribution in [0.2, 0.25) is 5.02 Å². The van der Waals surface area contributed by atoms with Crippen molar-refractivity contribution in [3.63, 3.8) is 0 Å². The number of halogens is 1. The van der Waals surface area contributed by atoms with E-state index in [0.29, 0.717) is 11.4 Å². The summed E-state index contributed by atoms with van der Waals surface area (Å²) in [6.45, 7) is 0. The lowest BCUT2D eigenvalue weighted by molar-refractivity contribution is -0.142. The molecule has 0 bridgehead atoms. The van der Waals surface area contributed by atoms with Gasteiger partial charge in [0.2, 0.25) is 5.91 Å². The molecule has 0 heterocycles. The number of carboxylic acids is 1. The monoisotopic (exact) mass is 343 g/mol. The van der Waals surface area contributed by atoms with Crippen LogP contribution in [0.1, 0.15) is 23.5 Å². The van der Waals surface area contributed by atoms with Crippen molar-refractivity contribution in [3.05, 3.63) is 70.7 Å². The quantitative estimate of drug-likeness (QED) is 0.846. The Bertz CT molecular complexity index is 747. The average Bonchev–Trinajstić information content (AvgIpc) is 3.36. The molecule has 0 spiro atoms. The Morgan fingerprint density at radius 2 is 1.79 bits per heavy atom. The number of amides is 1. The minimum Gasteiger partial charge on any atom is -0.480 e. The number of carboxylic acid groups (broad SMARTS) is 1. The van der Waals surface area contributed by atoms with Crippen molar-refractivity contribution in [2.24, 2.45) is 5.92 Å². The lowest BCUT2D eigenvalue weighted by Gasteiger charge is -2.15. The number of carbonyl (C=O) groups excluding carboxylic acids is 1. The Balaban J connectivity index is 1.63.